The van der Waals surface area contributed by atoms with Crippen molar-refractivity contribution in [3.63, 3.8) is 0 Å². The number of hydrogen-bond donors (Lipinski definition) is 1. The predicted molar refractivity (Wildman–Crippen MR) is 77.7 cm³/mol. The second-order valence-electron chi connectivity index (χ2n) is 7.37. The number of likely N-dealkylation sites (tertiary alicyclic amines) is 1. The number of nitrogens with two attached hydrogens (primary N) is 1. The Kier molecular flexibility index (Phi) is 4.35. The summed E-state index contributed by atoms with van der Waals surface area (Å²) in [5.74, 6) is 0. The fourth-order valence-corrected chi connectivity index (χ4v) is 3.70. The molecule has 106 valence electrons. The molecule has 1 heterocycles. The van der Waals surface area contributed by atoms with Crippen molar-refractivity contribution in [2.45, 2.75) is 64.1 Å². The standard InChI is InChI=1S/C15H31N3/c1-15(2)8-5-13(16)14(11-15)18-9-6-12(7-10-18)17(3)4/h12-14H,5-11,16H2,1-4H3. The van der Waals surface area contributed by atoms with Crippen LogP contribution in [0.25, 0.3) is 0 Å². The second-order valence-corrected chi connectivity index (χ2v) is 7.37. The molecule has 1 aliphatic heterocycles. The van der Waals surface area contributed by atoms with Crippen molar-refractivity contribution in [1.82, 2.24) is 9.80 Å². The molecule has 0 radical (unpaired) electrons. The van der Waals surface area contributed by atoms with Gasteiger partial charge in [-0.1, -0.05) is 13.8 Å². The maximum absolute atomic E-state index is 6.37. The van der Waals surface area contributed by atoms with Crippen LogP contribution >= 0.6 is 0 Å². The van der Waals surface area contributed by atoms with Gasteiger partial charge in [0.25, 0.3) is 0 Å². The Morgan fingerprint density at radius 2 is 1.72 bits per heavy atom. The first-order valence-corrected chi connectivity index (χ1v) is 7.55. The van der Waals surface area contributed by atoms with Gasteiger partial charge in [0, 0.05) is 18.1 Å². The summed E-state index contributed by atoms with van der Waals surface area (Å²) in [6.07, 6.45) is 6.37. The van der Waals surface area contributed by atoms with Crippen LogP contribution in [0.1, 0.15) is 46.0 Å². The van der Waals surface area contributed by atoms with E-state index in [4.69, 9.17) is 5.73 Å². The molecule has 3 heteroatoms. The quantitative estimate of drug-likeness (QED) is 0.816. The first kappa shape index (κ1) is 14.3. The van der Waals surface area contributed by atoms with Gasteiger partial charge in [-0.05, 0) is 64.7 Å². The van der Waals surface area contributed by atoms with Crippen LogP contribution in [0.2, 0.25) is 0 Å². The summed E-state index contributed by atoms with van der Waals surface area (Å²) in [4.78, 5) is 5.05. The van der Waals surface area contributed by atoms with Gasteiger partial charge in [0.2, 0.25) is 0 Å². The molecular formula is C15H31N3. The highest BCUT2D eigenvalue weighted by Crippen LogP contribution is 2.37. The molecule has 0 bridgehead atoms. The molecule has 2 atom stereocenters. The van der Waals surface area contributed by atoms with Gasteiger partial charge in [-0.15, -0.1) is 0 Å². The van der Waals surface area contributed by atoms with Crippen molar-refractivity contribution in [1.29, 1.82) is 0 Å². The lowest BCUT2D eigenvalue weighted by Crippen LogP contribution is -2.56. The number of rotatable bonds is 2. The lowest BCUT2D eigenvalue weighted by atomic mass is 9.72. The average molecular weight is 253 g/mol. The third-order valence-corrected chi connectivity index (χ3v) is 5.11. The van der Waals surface area contributed by atoms with Gasteiger partial charge in [-0.2, -0.15) is 0 Å². The highest BCUT2D eigenvalue weighted by atomic mass is 15.2. The second kappa shape index (κ2) is 5.48. The largest absolute Gasteiger partial charge is 0.326 e. The molecule has 3 nitrogen and oxygen atoms in total. The summed E-state index contributed by atoms with van der Waals surface area (Å²) < 4.78 is 0. The first-order chi connectivity index (χ1) is 8.39. The maximum Gasteiger partial charge on any atom is 0.0252 e. The van der Waals surface area contributed by atoms with Crippen molar-refractivity contribution in [2.75, 3.05) is 27.2 Å². The van der Waals surface area contributed by atoms with Crippen LogP contribution < -0.4 is 5.73 Å². The van der Waals surface area contributed by atoms with E-state index in [0.29, 0.717) is 17.5 Å². The molecule has 0 aromatic carbocycles. The van der Waals surface area contributed by atoms with Crippen LogP contribution in [-0.2, 0) is 0 Å². The molecule has 2 N–H and O–H groups in total. The van der Waals surface area contributed by atoms with Crippen molar-refractivity contribution in [2.24, 2.45) is 11.1 Å². The summed E-state index contributed by atoms with van der Waals surface area (Å²) in [6.45, 7) is 7.27. The fourth-order valence-electron chi connectivity index (χ4n) is 3.70. The molecule has 0 aromatic heterocycles. The summed E-state index contributed by atoms with van der Waals surface area (Å²) in [5, 5.41) is 0. The molecule has 1 saturated carbocycles. The summed E-state index contributed by atoms with van der Waals surface area (Å²) >= 11 is 0. The third-order valence-electron chi connectivity index (χ3n) is 5.11. The van der Waals surface area contributed by atoms with E-state index in [9.17, 15) is 0 Å². The molecule has 2 rings (SSSR count). The van der Waals surface area contributed by atoms with Gasteiger partial charge < -0.3 is 10.6 Å². The smallest absolute Gasteiger partial charge is 0.0252 e. The minimum atomic E-state index is 0.397. The number of piperidine rings is 1. The maximum atomic E-state index is 6.37. The third kappa shape index (κ3) is 3.25. The normalized spacial score (nSPS) is 35.0. The van der Waals surface area contributed by atoms with Crippen LogP contribution in [0.5, 0.6) is 0 Å². The molecule has 0 aromatic rings. The van der Waals surface area contributed by atoms with Gasteiger partial charge >= 0.3 is 0 Å². The van der Waals surface area contributed by atoms with E-state index in [1.807, 2.05) is 0 Å². The van der Waals surface area contributed by atoms with E-state index in [1.165, 1.54) is 45.2 Å². The van der Waals surface area contributed by atoms with Crippen molar-refractivity contribution in [3.8, 4) is 0 Å². The van der Waals surface area contributed by atoms with Gasteiger partial charge in [0.05, 0.1) is 0 Å². The van der Waals surface area contributed by atoms with Crippen molar-refractivity contribution < 1.29 is 0 Å². The zero-order valence-electron chi connectivity index (χ0n) is 12.7. The Hall–Kier alpha value is -0.120. The zero-order chi connectivity index (χ0) is 13.3. The molecule has 18 heavy (non-hydrogen) atoms. The van der Waals surface area contributed by atoms with Crippen LogP contribution in [-0.4, -0.2) is 55.1 Å². The number of hydrogen-bond acceptors (Lipinski definition) is 3. The monoisotopic (exact) mass is 253 g/mol. The molecular weight excluding hydrogens is 222 g/mol. The van der Waals surface area contributed by atoms with Gasteiger partial charge in [0.15, 0.2) is 0 Å². The summed E-state index contributed by atoms with van der Waals surface area (Å²) in [5.41, 5.74) is 6.86. The van der Waals surface area contributed by atoms with E-state index in [2.05, 4.69) is 37.7 Å². The number of nitrogens with zero attached hydrogens (tertiary/aromatic N) is 2. The van der Waals surface area contributed by atoms with E-state index < -0.39 is 0 Å². The fraction of sp³-hybridized carbons (Fsp3) is 1.00. The van der Waals surface area contributed by atoms with E-state index in [0.717, 1.165) is 6.04 Å². The Labute approximate surface area is 113 Å². The minimum Gasteiger partial charge on any atom is -0.326 e. The zero-order valence-corrected chi connectivity index (χ0v) is 12.7. The molecule has 1 aliphatic carbocycles. The van der Waals surface area contributed by atoms with Gasteiger partial charge in [-0.25, -0.2) is 0 Å². The topological polar surface area (TPSA) is 32.5 Å². The highest BCUT2D eigenvalue weighted by molar-refractivity contribution is 4.94. The van der Waals surface area contributed by atoms with Crippen LogP contribution in [0, 0.1) is 5.41 Å². The van der Waals surface area contributed by atoms with E-state index in [-0.39, 0.29) is 0 Å². The molecule has 0 amide bonds. The van der Waals surface area contributed by atoms with Crippen LogP contribution in [0.15, 0.2) is 0 Å². The lowest BCUT2D eigenvalue weighted by molar-refractivity contribution is 0.0447. The van der Waals surface area contributed by atoms with Crippen LogP contribution in [0.4, 0.5) is 0 Å². The Morgan fingerprint density at radius 1 is 1.11 bits per heavy atom. The first-order valence-electron chi connectivity index (χ1n) is 7.55. The predicted octanol–water partition coefficient (Wildman–Crippen LogP) is 1.92. The molecule has 2 unspecified atom stereocenters. The van der Waals surface area contributed by atoms with E-state index in [1.54, 1.807) is 0 Å². The molecule has 1 saturated heterocycles. The van der Waals surface area contributed by atoms with Gasteiger partial charge in [-0.3, -0.25) is 4.90 Å². The molecule has 2 aliphatic rings. The Morgan fingerprint density at radius 3 is 2.28 bits per heavy atom. The lowest BCUT2D eigenvalue weighted by Gasteiger charge is -2.47. The minimum absolute atomic E-state index is 0.397. The van der Waals surface area contributed by atoms with E-state index >= 15 is 0 Å². The molecule has 0 spiro atoms. The summed E-state index contributed by atoms with van der Waals surface area (Å²) in [7, 11) is 4.41. The van der Waals surface area contributed by atoms with Crippen molar-refractivity contribution in [3.05, 3.63) is 0 Å². The van der Waals surface area contributed by atoms with Gasteiger partial charge in [0.1, 0.15) is 0 Å². The molecule has 2 fully saturated rings. The SMILES string of the molecule is CN(C)C1CCN(C2CC(C)(C)CCC2N)CC1. The Bertz CT molecular complexity index is 267. The average Bonchev–Trinajstić information content (AvgIpc) is 2.32. The summed E-state index contributed by atoms with van der Waals surface area (Å²) in [6, 6.07) is 1.79. The van der Waals surface area contributed by atoms with Crippen molar-refractivity contribution >= 4 is 0 Å². The Balaban J connectivity index is 1.92. The van der Waals surface area contributed by atoms with Crippen LogP contribution in [0.3, 0.4) is 0 Å². The highest BCUT2D eigenvalue weighted by Gasteiger charge is 2.37.